The fourth-order valence-electron chi connectivity index (χ4n) is 1.66. The summed E-state index contributed by atoms with van der Waals surface area (Å²) in [7, 11) is -3.72. The molecule has 1 heterocycles. The smallest absolute Gasteiger partial charge is 0.243 e. The van der Waals surface area contributed by atoms with Gasteiger partial charge in [0.15, 0.2) is 5.82 Å². The van der Waals surface area contributed by atoms with Crippen LogP contribution < -0.4 is 10.5 Å². The number of benzene rings is 1. The lowest BCUT2D eigenvalue weighted by atomic mass is 10.1. The van der Waals surface area contributed by atoms with Gasteiger partial charge in [0.1, 0.15) is 4.90 Å². The fraction of sp³-hybridized carbons (Fsp3) is 0.300. The molecule has 9 heteroatoms. The molecule has 0 aliphatic carbocycles. The second-order valence-electron chi connectivity index (χ2n) is 4.08. The van der Waals surface area contributed by atoms with Crippen LogP contribution in [0.4, 0.5) is 5.69 Å². The molecule has 0 aliphatic rings. The van der Waals surface area contributed by atoms with Gasteiger partial charge in [-0.15, -0.1) is 10.2 Å². The molecule has 1 aromatic carbocycles. The molecular weight excluding hydrogens is 268 g/mol. The van der Waals surface area contributed by atoms with Gasteiger partial charge in [0, 0.05) is 0 Å². The topological polar surface area (TPSA) is 127 Å². The van der Waals surface area contributed by atoms with Crippen LogP contribution in [0.5, 0.6) is 0 Å². The molecule has 102 valence electrons. The van der Waals surface area contributed by atoms with Gasteiger partial charge in [0.05, 0.1) is 12.2 Å². The molecule has 1 aromatic heterocycles. The Bertz CT molecular complexity index is 680. The van der Waals surface area contributed by atoms with Crippen LogP contribution in [0.3, 0.4) is 0 Å². The molecule has 0 radical (unpaired) electrons. The van der Waals surface area contributed by atoms with Crippen LogP contribution in [0.1, 0.15) is 17.0 Å². The van der Waals surface area contributed by atoms with Crippen LogP contribution in [0, 0.1) is 13.8 Å². The number of anilines is 1. The first-order valence-electron chi connectivity index (χ1n) is 5.49. The molecule has 0 amide bonds. The van der Waals surface area contributed by atoms with Crippen molar-refractivity contribution in [2.24, 2.45) is 0 Å². The van der Waals surface area contributed by atoms with E-state index in [1.54, 1.807) is 19.1 Å². The Kier molecular flexibility index (Phi) is 3.49. The number of aryl methyl sites for hydroxylation is 1. The fourth-order valence-corrected chi connectivity index (χ4v) is 3.06. The van der Waals surface area contributed by atoms with Crippen LogP contribution in [0.15, 0.2) is 17.0 Å². The summed E-state index contributed by atoms with van der Waals surface area (Å²) in [6, 6.07) is 3.36. The van der Waals surface area contributed by atoms with Crippen LogP contribution in [-0.4, -0.2) is 29.0 Å². The number of nitrogens with zero attached hydrogens (tertiary/aromatic N) is 3. The maximum atomic E-state index is 12.2. The lowest BCUT2D eigenvalue weighted by Gasteiger charge is -2.12. The van der Waals surface area contributed by atoms with Crippen molar-refractivity contribution < 1.29 is 8.42 Å². The number of nitrogens with one attached hydrogen (secondary N) is 2. The molecular formula is C10H14N6O2S. The van der Waals surface area contributed by atoms with Gasteiger partial charge in [-0.05, 0) is 31.0 Å². The van der Waals surface area contributed by atoms with E-state index < -0.39 is 10.0 Å². The maximum absolute atomic E-state index is 12.2. The standard InChI is InChI=1S/C10H14N6O2S/c1-6-3-4-8(11)10(7(6)2)19(17,18)12-5-9-13-15-16-14-9/h3-4,12H,5,11H2,1-2H3,(H,13,14,15,16). The van der Waals surface area contributed by atoms with Crippen LogP contribution >= 0.6 is 0 Å². The van der Waals surface area contributed by atoms with Crippen LogP contribution in [0.25, 0.3) is 0 Å². The minimum Gasteiger partial charge on any atom is -0.398 e. The van der Waals surface area contributed by atoms with E-state index >= 15 is 0 Å². The first-order valence-corrected chi connectivity index (χ1v) is 6.98. The Balaban J connectivity index is 2.32. The second kappa shape index (κ2) is 4.94. The van der Waals surface area contributed by atoms with Crippen molar-refractivity contribution >= 4 is 15.7 Å². The lowest BCUT2D eigenvalue weighted by Crippen LogP contribution is -2.25. The number of nitrogen functional groups attached to an aromatic ring is 1. The molecule has 0 bridgehead atoms. The minimum absolute atomic E-state index is 0.0499. The number of aromatic nitrogens is 4. The van der Waals surface area contributed by atoms with Crippen molar-refractivity contribution in [3.05, 3.63) is 29.1 Å². The van der Waals surface area contributed by atoms with Gasteiger partial charge in [-0.25, -0.2) is 13.1 Å². The minimum atomic E-state index is -3.72. The second-order valence-corrected chi connectivity index (χ2v) is 5.78. The molecule has 0 saturated heterocycles. The van der Waals surface area contributed by atoms with Gasteiger partial charge < -0.3 is 5.73 Å². The molecule has 0 fully saturated rings. The molecule has 8 nitrogen and oxygen atoms in total. The third-order valence-corrected chi connectivity index (χ3v) is 4.39. The normalized spacial score (nSPS) is 11.7. The predicted octanol–water partition coefficient (Wildman–Crippen LogP) is -0.123. The Morgan fingerprint density at radius 3 is 2.74 bits per heavy atom. The first kappa shape index (κ1) is 13.4. The van der Waals surface area contributed by atoms with Gasteiger partial charge >= 0.3 is 0 Å². The summed E-state index contributed by atoms with van der Waals surface area (Å²) in [4.78, 5) is 0.0935. The van der Waals surface area contributed by atoms with Gasteiger partial charge in [-0.3, -0.25) is 0 Å². The molecule has 19 heavy (non-hydrogen) atoms. The Hall–Kier alpha value is -2.00. The van der Waals surface area contributed by atoms with Gasteiger partial charge in [0.25, 0.3) is 0 Å². The van der Waals surface area contributed by atoms with Crippen molar-refractivity contribution in [3.8, 4) is 0 Å². The quantitative estimate of drug-likeness (QED) is 0.671. The zero-order valence-electron chi connectivity index (χ0n) is 10.5. The van der Waals surface area contributed by atoms with Crippen molar-refractivity contribution in [1.29, 1.82) is 0 Å². The number of aromatic amines is 1. The molecule has 0 spiro atoms. The summed E-state index contributed by atoms with van der Waals surface area (Å²) >= 11 is 0. The highest BCUT2D eigenvalue weighted by atomic mass is 32.2. The third-order valence-electron chi connectivity index (χ3n) is 2.79. The summed E-state index contributed by atoms with van der Waals surface area (Å²) in [6.07, 6.45) is 0. The molecule has 0 unspecified atom stereocenters. The summed E-state index contributed by atoms with van der Waals surface area (Å²) in [5.74, 6) is 0.257. The van der Waals surface area contributed by atoms with Crippen molar-refractivity contribution in [2.45, 2.75) is 25.3 Å². The highest BCUT2D eigenvalue weighted by Gasteiger charge is 2.21. The third kappa shape index (κ3) is 2.71. The SMILES string of the molecule is Cc1ccc(N)c(S(=O)(=O)NCc2nn[nH]n2)c1C. The summed E-state index contributed by atoms with van der Waals surface area (Å²) in [5.41, 5.74) is 7.45. The predicted molar refractivity (Wildman–Crippen MR) is 68.5 cm³/mol. The Labute approximate surface area is 110 Å². The van der Waals surface area contributed by atoms with Gasteiger partial charge in [-0.1, -0.05) is 11.3 Å². The van der Waals surface area contributed by atoms with E-state index in [4.69, 9.17) is 5.73 Å². The molecule has 0 atom stereocenters. The maximum Gasteiger partial charge on any atom is 0.243 e. The number of hydrogen-bond acceptors (Lipinski definition) is 6. The van der Waals surface area contributed by atoms with Crippen molar-refractivity contribution in [3.63, 3.8) is 0 Å². The summed E-state index contributed by atoms with van der Waals surface area (Å²) < 4.78 is 26.9. The number of sulfonamides is 1. The van der Waals surface area contributed by atoms with Crippen molar-refractivity contribution in [2.75, 3.05) is 5.73 Å². The van der Waals surface area contributed by atoms with E-state index in [0.29, 0.717) is 5.56 Å². The number of H-pyrrole nitrogens is 1. The Morgan fingerprint density at radius 2 is 2.11 bits per heavy atom. The van der Waals surface area contributed by atoms with E-state index in [0.717, 1.165) is 5.56 Å². The van der Waals surface area contributed by atoms with Crippen molar-refractivity contribution in [1.82, 2.24) is 25.3 Å². The van der Waals surface area contributed by atoms with Gasteiger partial charge in [-0.2, -0.15) is 5.21 Å². The zero-order chi connectivity index (χ0) is 14.0. The number of nitrogens with two attached hydrogens (primary N) is 1. The summed E-state index contributed by atoms with van der Waals surface area (Å²) in [6.45, 7) is 3.49. The lowest BCUT2D eigenvalue weighted by molar-refractivity contribution is 0.579. The number of rotatable bonds is 4. The highest BCUT2D eigenvalue weighted by Crippen LogP contribution is 2.25. The molecule has 4 N–H and O–H groups in total. The average Bonchev–Trinajstić information content (AvgIpc) is 2.85. The zero-order valence-corrected chi connectivity index (χ0v) is 11.3. The summed E-state index contributed by atoms with van der Waals surface area (Å²) in [5, 5.41) is 12.9. The van der Waals surface area contributed by atoms with Crippen LogP contribution in [0.2, 0.25) is 0 Å². The Morgan fingerprint density at radius 1 is 1.37 bits per heavy atom. The van der Waals surface area contributed by atoms with E-state index in [9.17, 15) is 8.42 Å². The van der Waals surface area contributed by atoms with Gasteiger partial charge in [0.2, 0.25) is 10.0 Å². The largest absolute Gasteiger partial charge is 0.398 e. The number of tetrazole rings is 1. The molecule has 2 aromatic rings. The molecule has 0 saturated carbocycles. The van der Waals surface area contributed by atoms with E-state index in [1.807, 2.05) is 6.92 Å². The first-order chi connectivity index (χ1) is 8.92. The van der Waals surface area contributed by atoms with E-state index in [1.165, 1.54) is 0 Å². The monoisotopic (exact) mass is 282 g/mol. The highest BCUT2D eigenvalue weighted by molar-refractivity contribution is 7.89. The molecule has 2 rings (SSSR count). The van der Waals surface area contributed by atoms with E-state index in [-0.39, 0.29) is 23.0 Å². The number of hydrogen-bond donors (Lipinski definition) is 3. The molecule has 0 aliphatic heterocycles. The average molecular weight is 282 g/mol. The van der Waals surface area contributed by atoms with E-state index in [2.05, 4.69) is 25.3 Å². The van der Waals surface area contributed by atoms with Crippen LogP contribution in [-0.2, 0) is 16.6 Å².